The first-order valence-electron chi connectivity index (χ1n) is 9.09. The van der Waals surface area contributed by atoms with Crippen LogP contribution in [-0.4, -0.2) is 16.9 Å². The van der Waals surface area contributed by atoms with Crippen LogP contribution in [-0.2, 0) is 13.1 Å². The van der Waals surface area contributed by atoms with Crippen molar-refractivity contribution < 1.29 is 9.59 Å². The Morgan fingerprint density at radius 2 is 1.48 bits per heavy atom. The maximum atomic E-state index is 12.1. The van der Waals surface area contributed by atoms with Crippen molar-refractivity contribution in [1.29, 1.82) is 0 Å². The Morgan fingerprint density at radius 3 is 2.10 bits per heavy atom. The minimum absolute atomic E-state index is 0.179. The Balaban J connectivity index is 1.45. The monoisotopic (exact) mass is 408 g/mol. The number of anilines is 1. The largest absolute Gasteiger partial charge is 0.348 e. The maximum absolute atomic E-state index is 12.1. The molecule has 0 aliphatic rings. The van der Waals surface area contributed by atoms with E-state index in [1.54, 1.807) is 42.6 Å². The van der Waals surface area contributed by atoms with Crippen LogP contribution < -0.4 is 16.0 Å². The van der Waals surface area contributed by atoms with Crippen LogP contribution in [0.2, 0.25) is 5.02 Å². The molecule has 7 heteroatoms. The van der Waals surface area contributed by atoms with Crippen LogP contribution in [0.15, 0.2) is 66.9 Å². The first-order chi connectivity index (χ1) is 14.0. The number of carbonyl (C=O) groups excluding carboxylic acids is 2. The molecule has 0 aliphatic heterocycles. The van der Waals surface area contributed by atoms with Gasteiger partial charge in [-0.05, 0) is 54.4 Å². The van der Waals surface area contributed by atoms with Crippen molar-refractivity contribution in [2.75, 3.05) is 5.32 Å². The summed E-state index contributed by atoms with van der Waals surface area (Å²) in [6.07, 6.45) is 1.56. The van der Waals surface area contributed by atoms with Crippen molar-refractivity contribution in [3.8, 4) is 0 Å². The molecule has 0 saturated carbocycles. The number of aromatic nitrogens is 1. The van der Waals surface area contributed by atoms with Crippen LogP contribution in [0.5, 0.6) is 0 Å². The predicted octanol–water partition coefficient (Wildman–Crippen LogP) is 4.30. The minimum atomic E-state index is -0.298. The molecular weight excluding hydrogens is 388 g/mol. The van der Waals surface area contributed by atoms with E-state index in [0.29, 0.717) is 29.4 Å². The zero-order chi connectivity index (χ0) is 20.6. The number of halogens is 1. The fourth-order valence-corrected chi connectivity index (χ4v) is 2.68. The maximum Gasteiger partial charge on any atom is 0.319 e. The fourth-order valence-electron chi connectivity index (χ4n) is 2.55. The number of amides is 3. The lowest BCUT2D eigenvalue weighted by Crippen LogP contribution is -2.28. The quantitative estimate of drug-likeness (QED) is 0.568. The van der Waals surface area contributed by atoms with Crippen molar-refractivity contribution >= 4 is 29.2 Å². The number of benzene rings is 2. The van der Waals surface area contributed by atoms with Crippen molar-refractivity contribution in [2.45, 2.75) is 20.0 Å². The van der Waals surface area contributed by atoms with Gasteiger partial charge >= 0.3 is 6.03 Å². The van der Waals surface area contributed by atoms with Gasteiger partial charge in [-0.3, -0.25) is 9.78 Å². The van der Waals surface area contributed by atoms with E-state index in [4.69, 9.17) is 11.6 Å². The van der Waals surface area contributed by atoms with Gasteiger partial charge in [0, 0.05) is 35.7 Å². The average molecular weight is 409 g/mol. The standard InChI is InChI=1S/C22H21ClN4O2/c1-15-2-7-18(14-24-15)21(28)25-12-17-5-10-20(11-6-17)27-22(29)26-13-16-3-8-19(23)9-4-16/h2-11,14H,12-13H2,1H3,(H,25,28)(H2,26,27,29). The number of carbonyl (C=O) groups is 2. The van der Waals surface area contributed by atoms with E-state index < -0.39 is 0 Å². The van der Waals surface area contributed by atoms with Gasteiger partial charge in [0.2, 0.25) is 0 Å². The molecule has 0 aliphatic carbocycles. The highest BCUT2D eigenvalue weighted by molar-refractivity contribution is 6.30. The van der Waals surface area contributed by atoms with Crippen LogP contribution in [0.4, 0.5) is 10.5 Å². The summed E-state index contributed by atoms with van der Waals surface area (Å²) < 4.78 is 0. The Morgan fingerprint density at radius 1 is 0.862 bits per heavy atom. The molecule has 6 nitrogen and oxygen atoms in total. The number of hydrogen-bond donors (Lipinski definition) is 3. The third kappa shape index (κ3) is 6.33. The van der Waals surface area contributed by atoms with E-state index in [1.165, 1.54) is 0 Å². The third-order valence-electron chi connectivity index (χ3n) is 4.20. The number of urea groups is 1. The van der Waals surface area contributed by atoms with Crippen LogP contribution in [0.1, 0.15) is 27.2 Å². The van der Waals surface area contributed by atoms with Gasteiger partial charge in [0.15, 0.2) is 0 Å². The van der Waals surface area contributed by atoms with Gasteiger partial charge in [-0.25, -0.2) is 4.79 Å². The number of nitrogens with zero attached hydrogens (tertiary/aromatic N) is 1. The molecule has 3 N–H and O–H groups in total. The zero-order valence-corrected chi connectivity index (χ0v) is 16.7. The summed E-state index contributed by atoms with van der Waals surface area (Å²) in [5, 5.41) is 9.07. The van der Waals surface area contributed by atoms with Gasteiger partial charge in [-0.1, -0.05) is 35.9 Å². The second-order valence-corrected chi connectivity index (χ2v) is 6.94. The summed E-state index contributed by atoms with van der Waals surface area (Å²) in [6, 6.07) is 17.8. The average Bonchev–Trinajstić information content (AvgIpc) is 2.73. The molecule has 1 heterocycles. The molecule has 148 valence electrons. The molecule has 0 unspecified atom stereocenters. The molecule has 0 saturated heterocycles. The number of rotatable bonds is 6. The normalized spacial score (nSPS) is 10.3. The van der Waals surface area contributed by atoms with Gasteiger partial charge in [0.1, 0.15) is 0 Å². The van der Waals surface area contributed by atoms with Crippen molar-refractivity contribution in [3.63, 3.8) is 0 Å². The van der Waals surface area contributed by atoms with Crippen LogP contribution >= 0.6 is 11.6 Å². The van der Waals surface area contributed by atoms with Gasteiger partial charge in [-0.2, -0.15) is 0 Å². The Labute approximate surface area is 174 Å². The Kier molecular flexibility index (Phi) is 6.81. The Bertz CT molecular complexity index is 971. The van der Waals surface area contributed by atoms with Gasteiger partial charge in [-0.15, -0.1) is 0 Å². The third-order valence-corrected chi connectivity index (χ3v) is 4.46. The van der Waals surface area contributed by atoms with Crippen molar-refractivity contribution in [3.05, 3.63) is 94.3 Å². The number of pyridine rings is 1. The molecular formula is C22H21ClN4O2. The summed E-state index contributed by atoms with van der Waals surface area (Å²) in [5.74, 6) is -0.179. The Hall–Kier alpha value is -3.38. The molecule has 3 amide bonds. The minimum Gasteiger partial charge on any atom is -0.348 e. The van der Waals surface area contributed by atoms with Gasteiger partial charge < -0.3 is 16.0 Å². The molecule has 3 rings (SSSR count). The molecule has 2 aromatic carbocycles. The van der Waals surface area contributed by atoms with Gasteiger partial charge in [0.25, 0.3) is 5.91 Å². The van der Waals surface area contributed by atoms with E-state index in [2.05, 4.69) is 20.9 Å². The van der Waals surface area contributed by atoms with Gasteiger partial charge in [0.05, 0.1) is 5.56 Å². The molecule has 0 atom stereocenters. The highest BCUT2D eigenvalue weighted by Gasteiger charge is 2.06. The first kappa shape index (κ1) is 20.4. The highest BCUT2D eigenvalue weighted by atomic mass is 35.5. The van der Waals surface area contributed by atoms with Crippen molar-refractivity contribution in [1.82, 2.24) is 15.6 Å². The number of hydrogen-bond acceptors (Lipinski definition) is 3. The second kappa shape index (κ2) is 9.71. The first-order valence-corrected chi connectivity index (χ1v) is 9.46. The molecule has 1 aromatic heterocycles. The lowest BCUT2D eigenvalue weighted by Gasteiger charge is -2.09. The number of nitrogens with one attached hydrogen (secondary N) is 3. The van der Waals surface area contributed by atoms with E-state index in [1.807, 2.05) is 31.2 Å². The molecule has 29 heavy (non-hydrogen) atoms. The molecule has 0 radical (unpaired) electrons. The molecule has 0 fully saturated rings. The summed E-state index contributed by atoms with van der Waals surface area (Å²) in [5.41, 5.74) is 3.93. The molecule has 0 bridgehead atoms. The lowest BCUT2D eigenvalue weighted by atomic mass is 10.2. The predicted molar refractivity (Wildman–Crippen MR) is 114 cm³/mol. The highest BCUT2D eigenvalue weighted by Crippen LogP contribution is 2.11. The van der Waals surface area contributed by atoms with Crippen LogP contribution in [0.25, 0.3) is 0 Å². The van der Waals surface area contributed by atoms with Crippen LogP contribution in [0, 0.1) is 6.92 Å². The number of aryl methyl sites for hydroxylation is 1. The lowest BCUT2D eigenvalue weighted by molar-refractivity contribution is 0.0950. The molecule has 0 spiro atoms. The van der Waals surface area contributed by atoms with E-state index in [0.717, 1.165) is 16.8 Å². The van der Waals surface area contributed by atoms with E-state index in [9.17, 15) is 9.59 Å². The second-order valence-electron chi connectivity index (χ2n) is 6.50. The van der Waals surface area contributed by atoms with Crippen molar-refractivity contribution in [2.24, 2.45) is 0 Å². The smallest absolute Gasteiger partial charge is 0.319 e. The van der Waals surface area contributed by atoms with E-state index in [-0.39, 0.29) is 11.9 Å². The SMILES string of the molecule is Cc1ccc(C(=O)NCc2ccc(NC(=O)NCc3ccc(Cl)cc3)cc2)cn1. The van der Waals surface area contributed by atoms with Crippen LogP contribution in [0.3, 0.4) is 0 Å². The summed E-state index contributed by atoms with van der Waals surface area (Å²) in [7, 11) is 0. The van der Waals surface area contributed by atoms with E-state index >= 15 is 0 Å². The zero-order valence-electron chi connectivity index (χ0n) is 15.9. The fraction of sp³-hybridized carbons (Fsp3) is 0.136. The summed E-state index contributed by atoms with van der Waals surface area (Å²) >= 11 is 5.85. The molecule has 3 aromatic rings. The topological polar surface area (TPSA) is 83.1 Å². The summed E-state index contributed by atoms with van der Waals surface area (Å²) in [4.78, 5) is 28.3. The summed E-state index contributed by atoms with van der Waals surface area (Å²) in [6.45, 7) is 2.66.